The summed E-state index contributed by atoms with van der Waals surface area (Å²) >= 11 is 0. The summed E-state index contributed by atoms with van der Waals surface area (Å²) < 4.78 is 34.7. The number of benzene rings is 1. The van der Waals surface area contributed by atoms with E-state index in [1.165, 1.54) is 19.9 Å². The highest BCUT2D eigenvalue weighted by Gasteiger charge is 2.08. The van der Waals surface area contributed by atoms with E-state index in [0.717, 1.165) is 12.8 Å². The van der Waals surface area contributed by atoms with Crippen LogP contribution in [0.2, 0.25) is 0 Å². The molecule has 0 unspecified atom stereocenters. The second kappa shape index (κ2) is 8.01. The van der Waals surface area contributed by atoms with Crippen LogP contribution in [0.15, 0.2) is 24.3 Å². The van der Waals surface area contributed by atoms with Gasteiger partial charge >= 0.3 is 10.3 Å². The molecule has 0 aliphatic carbocycles. The molecule has 6 heteroatoms. The van der Waals surface area contributed by atoms with Gasteiger partial charge in [-0.25, -0.2) is 0 Å². The summed E-state index contributed by atoms with van der Waals surface area (Å²) in [5, 5.41) is 0. The summed E-state index contributed by atoms with van der Waals surface area (Å²) in [6.45, 7) is 2.84. The molecule has 19 heavy (non-hydrogen) atoms. The Hall–Kier alpha value is -1.27. The van der Waals surface area contributed by atoms with Crippen molar-refractivity contribution in [2.45, 2.75) is 32.6 Å². The Kier molecular flexibility index (Phi) is 6.66. The molecule has 1 N–H and O–H groups in total. The maximum atomic E-state index is 11.2. The molecule has 0 saturated carbocycles. The molecule has 0 spiro atoms. The number of hydrogen-bond acceptors (Lipinski definition) is 4. The van der Waals surface area contributed by atoms with Crippen molar-refractivity contribution in [2.24, 2.45) is 0 Å². The highest BCUT2D eigenvalue weighted by atomic mass is 32.2. The van der Waals surface area contributed by atoms with Crippen molar-refractivity contribution in [2.75, 3.05) is 13.7 Å². The van der Waals surface area contributed by atoms with Gasteiger partial charge in [0.25, 0.3) is 0 Å². The molecule has 0 aliphatic rings. The van der Waals surface area contributed by atoms with E-state index in [4.69, 9.17) is 8.92 Å². The Morgan fingerprint density at radius 1 is 1.05 bits per heavy atom. The van der Waals surface area contributed by atoms with Crippen LogP contribution in [-0.2, 0) is 10.3 Å². The third kappa shape index (κ3) is 6.45. The average Bonchev–Trinajstić information content (AvgIpc) is 2.40. The van der Waals surface area contributed by atoms with Gasteiger partial charge in [0, 0.05) is 7.05 Å². The largest absolute Gasteiger partial charge is 0.494 e. The van der Waals surface area contributed by atoms with Crippen molar-refractivity contribution < 1.29 is 17.3 Å². The zero-order valence-corrected chi connectivity index (χ0v) is 12.2. The summed E-state index contributed by atoms with van der Waals surface area (Å²) in [6, 6.07) is 6.52. The number of ether oxygens (including phenoxy) is 1. The first-order chi connectivity index (χ1) is 9.07. The molecule has 1 aromatic rings. The second-order valence-corrected chi connectivity index (χ2v) is 5.61. The summed E-state index contributed by atoms with van der Waals surface area (Å²) in [5.74, 6) is 0.971. The van der Waals surface area contributed by atoms with Crippen molar-refractivity contribution in [3.8, 4) is 11.5 Å². The number of unbranched alkanes of at least 4 members (excludes halogenated alkanes) is 3. The van der Waals surface area contributed by atoms with Crippen molar-refractivity contribution >= 4 is 10.3 Å². The molecule has 0 fully saturated rings. The first kappa shape index (κ1) is 15.8. The number of hydrogen-bond donors (Lipinski definition) is 1. The predicted octanol–water partition coefficient (Wildman–Crippen LogP) is 2.49. The summed E-state index contributed by atoms with van der Waals surface area (Å²) in [6.07, 6.45) is 4.61. The molecule has 0 saturated heterocycles. The normalized spacial score (nSPS) is 11.3. The zero-order chi connectivity index (χ0) is 14.1. The SMILES string of the molecule is CCCCCCOc1ccc(OS(=O)(=O)NC)cc1. The fraction of sp³-hybridized carbons (Fsp3) is 0.538. The lowest BCUT2D eigenvalue weighted by atomic mass is 10.2. The predicted molar refractivity (Wildman–Crippen MR) is 74.7 cm³/mol. The number of nitrogens with one attached hydrogen (secondary N) is 1. The number of rotatable bonds is 9. The molecular weight excluding hydrogens is 266 g/mol. The van der Waals surface area contributed by atoms with Gasteiger partial charge in [-0.1, -0.05) is 26.2 Å². The summed E-state index contributed by atoms with van der Waals surface area (Å²) in [7, 11) is -2.41. The van der Waals surface area contributed by atoms with Crippen LogP contribution in [0, 0.1) is 0 Å². The van der Waals surface area contributed by atoms with Crippen molar-refractivity contribution in [1.82, 2.24) is 4.72 Å². The van der Waals surface area contributed by atoms with Crippen LogP contribution in [0.3, 0.4) is 0 Å². The minimum atomic E-state index is -3.70. The molecule has 0 bridgehead atoms. The molecule has 0 aliphatic heterocycles. The zero-order valence-electron chi connectivity index (χ0n) is 11.4. The van der Waals surface area contributed by atoms with Gasteiger partial charge in [0.1, 0.15) is 11.5 Å². The van der Waals surface area contributed by atoms with Gasteiger partial charge < -0.3 is 8.92 Å². The average molecular weight is 287 g/mol. The van der Waals surface area contributed by atoms with E-state index in [1.54, 1.807) is 24.3 Å². The lowest BCUT2D eigenvalue weighted by Crippen LogP contribution is -2.24. The Labute approximate surface area is 115 Å². The topological polar surface area (TPSA) is 64.6 Å². The minimum absolute atomic E-state index is 0.257. The molecular formula is C13H21NO4S. The van der Waals surface area contributed by atoms with Gasteiger partial charge in [-0.2, -0.15) is 13.1 Å². The standard InChI is InChI=1S/C13H21NO4S/c1-3-4-5-6-11-17-12-7-9-13(10-8-12)18-19(15,16)14-2/h7-10,14H,3-6,11H2,1-2H3. The van der Waals surface area contributed by atoms with Crippen molar-refractivity contribution in [3.63, 3.8) is 0 Å². The van der Waals surface area contributed by atoms with Gasteiger partial charge in [-0.15, -0.1) is 0 Å². The first-order valence-electron chi connectivity index (χ1n) is 6.43. The monoisotopic (exact) mass is 287 g/mol. The van der Waals surface area contributed by atoms with E-state index in [9.17, 15) is 8.42 Å². The molecule has 0 heterocycles. The first-order valence-corrected chi connectivity index (χ1v) is 7.84. The Balaban J connectivity index is 2.39. The molecule has 108 valence electrons. The van der Waals surface area contributed by atoms with Crippen LogP contribution in [0.1, 0.15) is 32.6 Å². The third-order valence-electron chi connectivity index (χ3n) is 2.55. The minimum Gasteiger partial charge on any atom is -0.494 e. The lowest BCUT2D eigenvalue weighted by molar-refractivity contribution is 0.305. The van der Waals surface area contributed by atoms with Crippen LogP contribution in [0.25, 0.3) is 0 Å². The Morgan fingerprint density at radius 2 is 1.68 bits per heavy atom. The van der Waals surface area contributed by atoms with Crippen molar-refractivity contribution in [1.29, 1.82) is 0 Å². The van der Waals surface area contributed by atoms with E-state index in [0.29, 0.717) is 12.4 Å². The van der Waals surface area contributed by atoms with E-state index >= 15 is 0 Å². The van der Waals surface area contributed by atoms with Crippen LogP contribution in [0.5, 0.6) is 11.5 Å². The fourth-order valence-corrected chi connectivity index (χ4v) is 1.93. The quantitative estimate of drug-likeness (QED) is 0.709. The van der Waals surface area contributed by atoms with Crippen LogP contribution < -0.4 is 13.6 Å². The van der Waals surface area contributed by atoms with E-state index in [-0.39, 0.29) is 5.75 Å². The molecule has 0 aromatic heterocycles. The van der Waals surface area contributed by atoms with E-state index in [1.807, 2.05) is 0 Å². The van der Waals surface area contributed by atoms with Crippen LogP contribution in [0.4, 0.5) is 0 Å². The smallest absolute Gasteiger partial charge is 0.382 e. The van der Waals surface area contributed by atoms with Crippen LogP contribution in [-0.4, -0.2) is 22.1 Å². The molecule has 0 amide bonds. The molecule has 0 radical (unpaired) electrons. The highest BCUT2D eigenvalue weighted by Crippen LogP contribution is 2.18. The highest BCUT2D eigenvalue weighted by molar-refractivity contribution is 7.85. The van der Waals surface area contributed by atoms with Gasteiger partial charge in [0.2, 0.25) is 0 Å². The molecule has 5 nitrogen and oxygen atoms in total. The molecule has 0 atom stereocenters. The van der Waals surface area contributed by atoms with Gasteiger partial charge in [0.15, 0.2) is 0 Å². The van der Waals surface area contributed by atoms with Crippen LogP contribution >= 0.6 is 0 Å². The van der Waals surface area contributed by atoms with Gasteiger partial charge in [-0.3, -0.25) is 0 Å². The van der Waals surface area contributed by atoms with Gasteiger partial charge in [0.05, 0.1) is 6.61 Å². The maximum Gasteiger partial charge on any atom is 0.382 e. The molecule has 1 aromatic carbocycles. The second-order valence-electron chi connectivity index (χ2n) is 4.12. The molecule has 1 rings (SSSR count). The maximum absolute atomic E-state index is 11.2. The van der Waals surface area contributed by atoms with Crippen molar-refractivity contribution in [3.05, 3.63) is 24.3 Å². The Bertz CT molecular complexity index is 456. The summed E-state index contributed by atoms with van der Waals surface area (Å²) in [4.78, 5) is 0. The summed E-state index contributed by atoms with van der Waals surface area (Å²) in [5.41, 5.74) is 0. The fourth-order valence-electron chi connectivity index (χ4n) is 1.48. The van der Waals surface area contributed by atoms with Gasteiger partial charge in [-0.05, 0) is 30.7 Å². The van der Waals surface area contributed by atoms with E-state index in [2.05, 4.69) is 11.6 Å². The lowest BCUT2D eigenvalue weighted by Gasteiger charge is -2.08. The third-order valence-corrected chi connectivity index (χ3v) is 3.46. The van der Waals surface area contributed by atoms with E-state index < -0.39 is 10.3 Å². The Morgan fingerprint density at radius 3 is 2.26 bits per heavy atom.